The van der Waals surface area contributed by atoms with E-state index in [9.17, 15) is 5.11 Å². The van der Waals surface area contributed by atoms with Crippen molar-refractivity contribution in [2.24, 2.45) is 5.92 Å². The van der Waals surface area contributed by atoms with Crippen molar-refractivity contribution in [3.05, 3.63) is 24.3 Å². The quantitative estimate of drug-likeness (QED) is 0.756. The molecule has 0 spiro atoms. The van der Waals surface area contributed by atoms with E-state index in [0.29, 0.717) is 5.92 Å². The molecule has 0 amide bonds. The summed E-state index contributed by atoms with van der Waals surface area (Å²) in [7, 11) is 0. The average Bonchev–Trinajstić information content (AvgIpc) is 2.26. The second-order valence-electron chi connectivity index (χ2n) is 3.91. The highest BCUT2D eigenvalue weighted by atomic mass is 32.2. The molecule has 0 radical (unpaired) electrons. The van der Waals surface area contributed by atoms with Crippen LogP contribution in [0.2, 0.25) is 0 Å². The van der Waals surface area contributed by atoms with E-state index in [-0.39, 0.29) is 12.6 Å². The van der Waals surface area contributed by atoms with Crippen LogP contribution < -0.4 is 5.32 Å². The molecule has 0 aliphatic carbocycles. The molecule has 84 valence electrons. The minimum Gasteiger partial charge on any atom is -0.394 e. The Balaban J connectivity index is 2.63. The third-order valence-corrected chi connectivity index (χ3v) is 3.19. The van der Waals surface area contributed by atoms with Crippen LogP contribution in [0.3, 0.4) is 0 Å². The fourth-order valence-electron chi connectivity index (χ4n) is 1.32. The lowest BCUT2D eigenvalue weighted by molar-refractivity contribution is 0.249. The van der Waals surface area contributed by atoms with Gasteiger partial charge in [0.1, 0.15) is 0 Å². The van der Waals surface area contributed by atoms with Gasteiger partial charge in [0, 0.05) is 10.6 Å². The van der Waals surface area contributed by atoms with Crippen LogP contribution in [-0.4, -0.2) is 24.0 Å². The Labute approximate surface area is 96.1 Å². The number of anilines is 1. The number of aliphatic hydroxyl groups is 1. The maximum Gasteiger partial charge on any atom is 0.0635 e. The molecule has 1 rings (SSSR count). The monoisotopic (exact) mass is 225 g/mol. The van der Waals surface area contributed by atoms with Crippen molar-refractivity contribution in [1.82, 2.24) is 0 Å². The molecular formula is C12H19NOS. The number of benzene rings is 1. The second-order valence-corrected chi connectivity index (χ2v) is 4.79. The molecule has 1 aromatic carbocycles. The van der Waals surface area contributed by atoms with E-state index in [1.165, 1.54) is 4.90 Å². The summed E-state index contributed by atoms with van der Waals surface area (Å²) in [5.41, 5.74) is 1.07. The highest BCUT2D eigenvalue weighted by Gasteiger charge is 2.11. The molecule has 1 aromatic rings. The Hall–Kier alpha value is -0.670. The summed E-state index contributed by atoms with van der Waals surface area (Å²) in [6.07, 6.45) is 2.06. The topological polar surface area (TPSA) is 32.3 Å². The first-order valence-electron chi connectivity index (χ1n) is 5.18. The van der Waals surface area contributed by atoms with E-state index in [2.05, 4.69) is 49.7 Å². The second kappa shape index (κ2) is 6.03. The van der Waals surface area contributed by atoms with E-state index < -0.39 is 0 Å². The molecule has 0 heterocycles. The zero-order chi connectivity index (χ0) is 11.3. The lowest BCUT2D eigenvalue weighted by Gasteiger charge is -2.21. The molecule has 0 bridgehead atoms. The van der Waals surface area contributed by atoms with E-state index in [1.807, 2.05) is 0 Å². The van der Waals surface area contributed by atoms with Crippen molar-refractivity contribution in [1.29, 1.82) is 0 Å². The third kappa shape index (κ3) is 3.76. The van der Waals surface area contributed by atoms with Crippen molar-refractivity contribution in [2.45, 2.75) is 24.8 Å². The minimum atomic E-state index is 0.130. The number of hydrogen-bond acceptors (Lipinski definition) is 3. The number of hydrogen-bond donors (Lipinski definition) is 2. The van der Waals surface area contributed by atoms with E-state index in [4.69, 9.17) is 0 Å². The number of aliphatic hydroxyl groups excluding tert-OH is 1. The molecule has 1 atom stereocenters. The van der Waals surface area contributed by atoms with Crippen LogP contribution in [-0.2, 0) is 0 Å². The van der Waals surface area contributed by atoms with Gasteiger partial charge < -0.3 is 10.4 Å². The Morgan fingerprint density at radius 1 is 1.27 bits per heavy atom. The summed E-state index contributed by atoms with van der Waals surface area (Å²) in [6.45, 7) is 4.37. The Bertz CT molecular complexity index is 284. The maximum absolute atomic E-state index is 9.19. The normalized spacial score (nSPS) is 12.9. The van der Waals surface area contributed by atoms with Gasteiger partial charge in [0.15, 0.2) is 0 Å². The first-order valence-corrected chi connectivity index (χ1v) is 6.41. The first kappa shape index (κ1) is 12.4. The minimum absolute atomic E-state index is 0.130. The number of nitrogens with one attached hydrogen (secondary N) is 1. The summed E-state index contributed by atoms with van der Waals surface area (Å²) in [6, 6.07) is 8.40. The molecule has 0 aliphatic heterocycles. The Morgan fingerprint density at radius 2 is 1.87 bits per heavy atom. The zero-order valence-corrected chi connectivity index (χ0v) is 10.3. The van der Waals surface area contributed by atoms with Gasteiger partial charge in [-0.3, -0.25) is 0 Å². The van der Waals surface area contributed by atoms with Crippen LogP contribution in [0.5, 0.6) is 0 Å². The molecular weight excluding hydrogens is 206 g/mol. The molecule has 0 aromatic heterocycles. The van der Waals surface area contributed by atoms with Crippen LogP contribution in [0.15, 0.2) is 29.2 Å². The summed E-state index contributed by atoms with van der Waals surface area (Å²) >= 11 is 1.73. The molecule has 2 N–H and O–H groups in total. The van der Waals surface area contributed by atoms with Crippen LogP contribution in [0.4, 0.5) is 5.69 Å². The molecule has 1 unspecified atom stereocenters. The lowest BCUT2D eigenvalue weighted by Crippen LogP contribution is -2.29. The third-order valence-electron chi connectivity index (χ3n) is 2.44. The fourth-order valence-corrected chi connectivity index (χ4v) is 1.73. The van der Waals surface area contributed by atoms with Gasteiger partial charge in [-0.15, -0.1) is 11.8 Å². The number of rotatable bonds is 5. The molecule has 2 nitrogen and oxygen atoms in total. The van der Waals surface area contributed by atoms with Gasteiger partial charge in [-0.25, -0.2) is 0 Å². The van der Waals surface area contributed by atoms with Crippen LogP contribution in [0.25, 0.3) is 0 Å². The van der Waals surface area contributed by atoms with Crippen LogP contribution >= 0.6 is 11.8 Å². The fraction of sp³-hybridized carbons (Fsp3) is 0.500. The van der Waals surface area contributed by atoms with Crippen LogP contribution in [0.1, 0.15) is 13.8 Å². The van der Waals surface area contributed by atoms with Crippen molar-refractivity contribution in [3.8, 4) is 0 Å². The van der Waals surface area contributed by atoms with E-state index >= 15 is 0 Å². The molecule has 0 saturated heterocycles. The zero-order valence-electron chi connectivity index (χ0n) is 9.53. The maximum atomic E-state index is 9.19. The highest BCUT2D eigenvalue weighted by Crippen LogP contribution is 2.19. The summed E-state index contributed by atoms with van der Waals surface area (Å²) < 4.78 is 0. The summed E-state index contributed by atoms with van der Waals surface area (Å²) in [5, 5.41) is 12.5. The molecule has 0 aliphatic rings. The average molecular weight is 225 g/mol. The molecule has 0 fully saturated rings. The van der Waals surface area contributed by atoms with Crippen molar-refractivity contribution in [3.63, 3.8) is 0 Å². The van der Waals surface area contributed by atoms with Crippen molar-refractivity contribution in [2.75, 3.05) is 18.2 Å². The highest BCUT2D eigenvalue weighted by molar-refractivity contribution is 7.98. The van der Waals surface area contributed by atoms with E-state index in [1.54, 1.807) is 11.8 Å². The van der Waals surface area contributed by atoms with Gasteiger partial charge in [-0.05, 0) is 36.4 Å². The largest absolute Gasteiger partial charge is 0.394 e. The van der Waals surface area contributed by atoms with Crippen molar-refractivity contribution < 1.29 is 5.11 Å². The number of thioether (sulfide) groups is 1. The Morgan fingerprint density at radius 3 is 2.27 bits per heavy atom. The SMILES string of the molecule is CSc1ccc(NC(CO)C(C)C)cc1. The van der Waals surface area contributed by atoms with Gasteiger partial charge in [-0.2, -0.15) is 0 Å². The Kier molecular flexibility index (Phi) is 4.99. The molecule has 15 heavy (non-hydrogen) atoms. The standard InChI is InChI=1S/C12H19NOS/c1-9(2)12(8-14)13-10-4-6-11(15-3)7-5-10/h4-7,9,12-14H,8H2,1-3H3. The van der Waals surface area contributed by atoms with Gasteiger partial charge in [0.2, 0.25) is 0 Å². The lowest BCUT2D eigenvalue weighted by atomic mass is 10.1. The molecule has 3 heteroatoms. The van der Waals surface area contributed by atoms with Gasteiger partial charge >= 0.3 is 0 Å². The van der Waals surface area contributed by atoms with Crippen LogP contribution in [0, 0.1) is 5.92 Å². The molecule has 0 saturated carbocycles. The van der Waals surface area contributed by atoms with Gasteiger partial charge in [-0.1, -0.05) is 13.8 Å². The van der Waals surface area contributed by atoms with E-state index in [0.717, 1.165) is 5.69 Å². The predicted molar refractivity (Wildman–Crippen MR) is 67.6 cm³/mol. The van der Waals surface area contributed by atoms with Gasteiger partial charge in [0.05, 0.1) is 12.6 Å². The first-order chi connectivity index (χ1) is 7.17. The predicted octanol–water partition coefficient (Wildman–Crippen LogP) is 2.84. The van der Waals surface area contributed by atoms with Crippen molar-refractivity contribution >= 4 is 17.4 Å². The summed E-state index contributed by atoms with van der Waals surface area (Å²) in [4.78, 5) is 1.26. The van der Waals surface area contributed by atoms with Gasteiger partial charge in [0.25, 0.3) is 0 Å². The smallest absolute Gasteiger partial charge is 0.0635 e. The summed E-state index contributed by atoms with van der Waals surface area (Å²) in [5.74, 6) is 0.426.